The van der Waals surface area contributed by atoms with E-state index in [1.807, 2.05) is 24.7 Å². The third-order valence-electron chi connectivity index (χ3n) is 2.83. The average molecular weight is 252 g/mol. The van der Waals surface area contributed by atoms with Crippen LogP contribution in [0.15, 0.2) is 12.3 Å². The molecule has 0 radical (unpaired) electrons. The van der Waals surface area contributed by atoms with Gasteiger partial charge in [-0.2, -0.15) is 5.10 Å². The Bertz CT molecular complexity index is 373. The van der Waals surface area contributed by atoms with Gasteiger partial charge in [0.1, 0.15) is 0 Å². The van der Waals surface area contributed by atoms with Gasteiger partial charge in [-0.3, -0.25) is 9.48 Å². The maximum absolute atomic E-state index is 11.7. The second-order valence-electron chi connectivity index (χ2n) is 5.01. The van der Waals surface area contributed by atoms with Gasteiger partial charge in [0.25, 0.3) is 0 Å². The van der Waals surface area contributed by atoms with Gasteiger partial charge in [0, 0.05) is 38.4 Å². The normalized spacial score (nSPS) is 12.7. The van der Waals surface area contributed by atoms with E-state index in [4.69, 9.17) is 0 Å². The molecule has 0 fully saturated rings. The van der Waals surface area contributed by atoms with Crippen LogP contribution in [0.3, 0.4) is 0 Å². The second kappa shape index (κ2) is 7.16. The molecule has 1 heterocycles. The summed E-state index contributed by atoms with van der Waals surface area (Å²) in [6.45, 7) is 7.56. The molecule has 5 nitrogen and oxygen atoms in total. The molecule has 18 heavy (non-hydrogen) atoms. The molecule has 1 rings (SSSR count). The summed E-state index contributed by atoms with van der Waals surface area (Å²) in [4.78, 5) is 11.7. The van der Waals surface area contributed by atoms with Gasteiger partial charge in [0.15, 0.2) is 0 Å². The van der Waals surface area contributed by atoms with Crippen LogP contribution in [-0.4, -0.2) is 34.8 Å². The molecule has 0 aliphatic rings. The molecule has 0 bridgehead atoms. The van der Waals surface area contributed by atoms with E-state index < -0.39 is 0 Å². The first-order valence-corrected chi connectivity index (χ1v) is 6.48. The highest BCUT2D eigenvalue weighted by atomic mass is 16.2. The maximum atomic E-state index is 11.7. The summed E-state index contributed by atoms with van der Waals surface area (Å²) >= 11 is 0. The fraction of sp³-hybridized carbons (Fsp3) is 0.692. The minimum atomic E-state index is -0.156. The Kier molecular flexibility index (Phi) is 5.85. The lowest BCUT2D eigenvalue weighted by atomic mass is 10.2. The Hall–Kier alpha value is -1.36. The zero-order chi connectivity index (χ0) is 13.5. The van der Waals surface area contributed by atoms with E-state index in [1.165, 1.54) is 0 Å². The van der Waals surface area contributed by atoms with Gasteiger partial charge in [-0.1, -0.05) is 13.8 Å². The molecule has 0 saturated heterocycles. The Morgan fingerprint density at radius 1 is 1.44 bits per heavy atom. The monoisotopic (exact) mass is 252 g/mol. The molecule has 0 aromatic carbocycles. The van der Waals surface area contributed by atoms with E-state index >= 15 is 0 Å². The lowest BCUT2D eigenvalue weighted by molar-refractivity contribution is -0.122. The van der Waals surface area contributed by atoms with Crippen LogP contribution < -0.4 is 10.6 Å². The zero-order valence-corrected chi connectivity index (χ0v) is 11.7. The number of carbonyl (C=O) groups is 1. The Balaban J connectivity index is 2.22. The lowest BCUT2D eigenvalue weighted by Gasteiger charge is -2.15. The van der Waals surface area contributed by atoms with Crippen molar-refractivity contribution in [3.63, 3.8) is 0 Å². The predicted octanol–water partition coefficient (Wildman–Crippen LogP) is 0.713. The molecule has 1 atom stereocenters. The van der Waals surface area contributed by atoms with Crippen LogP contribution in [0.25, 0.3) is 0 Å². The molecule has 5 heteroatoms. The molecule has 102 valence electrons. The maximum Gasteiger partial charge on any atom is 0.236 e. The Labute approximate surface area is 109 Å². The van der Waals surface area contributed by atoms with Crippen molar-refractivity contribution in [1.29, 1.82) is 0 Å². The summed E-state index contributed by atoms with van der Waals surface area (Å²) in [7, 11) is 1.92. The summed E-state index contributed by atoms with van der Waals surface area (Å²) < 4.78 is 1.85. The molecule has 0 aliphatic carbocycles. The van der Waals surface area contributed by atoms with E-state index in [9.17, 15) is 4.79 Å². The highest BCUT2D eigenvalue weighted by Crippen LogP contribution is 1.96. The summed E-state index contributed by atoms with van der Waals surface area (Å²) in [5, 5.41) is 10.2. The highest BCUT2D eigenvalue weighted by Gasteiger charge is 2.11. The number of carbonyl (C=O) groups excluding carboxylic acids is 1. The van der Waals surface area contributed by atoms with E-state index in [2.05, 4.69) is 29.6 Å². The van der Waals surface area contributed by atoms with E-state index in [0.29, 0.717) is 5.92 Å². The van der Waals surface area contributed by atoms with Gasteiger partial charge in [0.2, 0.25) is 5.91 Å². The first-order valence-electron chi connectivity index (χ1n) is 6.48. The van der Waals surface area contributed by atoms with Crippen LogP contribution in [0.1, 0.15) is 26.5 Å². The topological polar surface area (TPSA) is 59.0 Å². The standard InChI is InChI=1S/C13H24N4O/c1-10(2)9-15-13(18)11(3)14-7-5-12-6-8-16-17(12)4/h6,8,10-11,14H,5,7,9H2,1-4H3,(H,15,18). The van der Waals surface area contributed by atoms with Crippen molar-refractivity contribution < 1.29 is 4.79 Å². The SMILES string of the molecule is CC(C)CNC(=O)C(C)NCCc1ccnn1C. The van der Waals surface area contributed by atoms with Crippen LogP contribution in [0.5, 0.6) is 0 Å². The van der Waals surface area contributed by atoms with Crippen LogP contribution in [0.2, 0.25) is 0 Å². The smallest absolute Gasteiger partial charge is 0.236 e. The van der Waals surface area contributed by atoms with Crippen molar-refractivity contribution in [2.45, 2.75) is 33.2 Å². The molecule has 0 saturated carbocycles. The van der Waals surface area contributed by atoms with Gasteiger partial charge in [-0.15, -0.1) is 0 Å². The number of aromatic nitrogens is 2. The highest BCUT2D eigenvalue weighted by molar-refractivity contribution is 5.81. The summed E-state index contributed by atoms with van der Waals surface area (Å²) in [6.07, 6.45) is 2.66. The van der Waals surface area contributed by atoms with Gasteiger partial charge in [0.05, 0.1) is 6.04 Å². The van der Waals surface area contributed by atoms with Gasteiger partial charge < -0.3 is 10.6 Å². The lowest BCUT2D eigenvalue weighted by Crippen LogP contribution is -2.43. The molecular formula is C13H24N4O. The molecule has 2 N–H and O–H groups in total. The van der Waals surface area contributed by atoms with Crippen molar-refractivity contribution in [2.24, 2.45) is 13.0 Å². The summed E-state index contributed by atoms with van der Waals surface area (Å²) in [5.41, 5.74) is 1.16. The van der Waals surface area contributed by atoms with Gasteiger partial charge >= 0.3 is 0 Å². The number of hydrogen-bond donors (Lipinski definition) is 2. The second-order valence-corrected chi connectivity index (χ2v) is 5.01. The number of nitrogens with one attached hydrogen (secondary N) is 2. The molecule has 0 spiro atoms. The van der Waals surface area contributed by atoms with Crippen molar-refractivity contribution in [3.05, 3.63) is 18.0 Å². The van der Waals surface area contributed by atoms with Crippen molar-refractivity contribution >= 4 is 5.91 Å². The fourth-order valence-corrected chi connectivity index (χ4v) is 1.61. The number of amides is 1. The third-order valence-corrected chi connectivity index (χ3v) is 2.83. The van der Waals surface area contributed by atoms with Crippen LogP contribution in [0, 0.1) is 5.92 Å². The molecule has 1 amide bonds. The summed E-state index contributed by atoms with van der Waals surface area (Å²) in [5.74, 6) is 0.546. The summed E-state index contributed by atoms with van der Waals surface area (Å²) in [6, 6.07) is 1.84. The fourth-order valence-electron chi connectivity index (χ4n) is 1.61. The zero-order valence-electron chi connectivity index (χ0n) is 11.7. The first-order chi connectivity index (χ1) is 8.50. The number of rotatable bonds is 7. The number of hydrogen-bond acceptors (Lipinski definition) is 3. The third kappa shape index (κ3) is 4.87. The number of aryl methyl sites for hydroxylation is 1. The van der Waals surface area contributed by atoms with E-state index in [1.54, 1.807) is 6.20 Å². The van der Waals surface area contributed by atoms with Crippen LogP contribution in [0.4, 0.5) is 0 Å². The molecule has 1 unspecified atom stereocenters. The van der Waals surface area contributed by atoms with Crippen molar-refractivity contribution in [3.8, 4) is 0 Å². The Morgan fingerprint density at radius 3 is 2.72 bits per heavy atom. The van der Waals surface area contributed by atoms with E-state index in [-0.39, 0.29) is 11.9 Å². The number of nitrogens with zero attached hydrogens (tertiary/aromatic N) is 2. The quantitative estimate of drug-likeness (QED) is 0.751. The largest absolute Gasteiger partial charge is 0.354 e. The molecule has 1 aromatic rings. The molecule has 0 aliphatic heterocycles. The predicted molar refractivity (Wildman–Crippen MR) is 72.2 cm³/mol. The molecular weight excluding hydrogens is 228 g/mol. The average Bonchev–Trinajstić information content (AvgIpc) is 2.72. The van der Waals surface area contributed by atoms with Crippen LogP contribution >= 0.6 is 0 Å². The minimum Gasteiger partial charge on any atom is -0.354 e. The van der Waals surface area contributed by atoms with Crippen LogP contribution in [-0.2, 0) is 18.3 Å². The van der Waals surface area contributed by atoms with Gasteiger partial charge in [-0.05, 0) is 18.9 Å². The first kappa shape index (κ1) is 14.7. The van der Waals surface area contributed by atoms with Gasteiger partial charge in [-0.25, -0.2) is 0 Å². The van der Waals surface area contributed by atoms with Crippen molar-refractivity contribution in [1.82, 2.24) is 20.4 Å². The minimum absolute atomic E-state index is 0.0636. The van der Waals surface area contributed by atoms with Crippen molar-refractivity contribution in [2.75, 3.05) is 13.1 Å². The molecule has 1 aromatic heterocycles. The Morgan fingerprint density at radius 2 is 2.17 bits per heavy atom. The van der Waals surface area contributed by atoms with E-state index in [0.717, 1.165) is 25.2 Å².